The van der Waals surface area contributed by atoms with Crippen LogP contribution in [0.25, 0.3) is 0 Å². The molecule has 3 N–H and O–H groups in total. The van der Waals surface area contributed by atoms with E-state index in [9.17, 15) is 14.4 Å². The molecule has 0 aliphatic heterocycles. The molecule has 8 nitrogen and oxygen atoms in total. The molecule has 0 aliphatic rings. The number of carbonyl (C=O) groups is 3. The van der Waals surface area contributed by atoms with E-state index >= 15 is 0 Å². The number of aliphatic carboxylic acids is 1. The maximum atomic E-state index is 11.7. The van der Waals surface area contributed by atoms with Crippen LogP contribution in [0.2, 0.25) is 0 Å². The van der Waals surface area contributed by atoms with Gasteiger partial charge < -0.3 is 14.9 Å². The minimum Gasteiger partial charge on any atom is -0.481 e. The monoisotopic (exact) mass is 297 g/mol. The molecule has 0 aliphatic carbocycles. The predicted octanol–water partition coefficient (Wildman–Crippen LogP) is 1.43. The molecule has 1 aromatic rings. The number of hydrogen-bond donors (Lipinski definition) is 3. The molecular weight excluding hydrogens is 278 g/mol. The summed E-state index contributed by atoms with van der Waals surface area (Å²) in [5, 5.41) is 17.0. The highest BCUT2D eigenvalue weighted by Gasteiger charge is 2.19. The summed E-state index contributed by atoms with van der Waals surface area (Å²) in [5.74, 6) is -0.882. The number of amides is 3. The second kappa shape index (κ2) is 7.41. The van der Waals surface area contributed by atoms with E-state index in [1.54, 1.807) is 20.8 Å². The number of nitrogens with zero attached hydrogens (tertiary/aromatic N) is 1. The summed E-state index contributed by atoms with van der Waals surface area (Å²) in [6, 6.07) is -0.995. The highest BCUT2D eigenvalue weighted by Crippen LogP contribution is 2.20. The molecule has 116 valence electrons. The van der Waals surface area contributed by atoms with Gasteiger partial charge in [-0.3, -0.25) is 14.9 Å². The van der Waals surface area contributed by atoms with Gasteiger partial charge in [-0.2, -0.15) is 0 Å². The average molecular weight is 297 g/mol. The van der Waals surface area contributed by atoms with Crippen LogP contribution in [0, 0.1) is 13.8 Å². The van der Waals surface area contributed by atoms with Crippen LogP contribution in [-0.2, 0) is 9.59 Å². The number of nitrogens with one attached hydrogen (secondary N) is 2. The first-order valence-electron chi connectivity index (χ1n) is 6.56. The third-order valence-electron chi connectivity index (χ3n) is 2.92. The highest BCUT2D eigenvalue weighted by atomic mass is 16.5. The smallest absolute Gasteiger partial charge is 0.321 e. The molecular formula is C13H19N3O5. The van der Waals surface area contributed by atoms with Crippen molar-refractivity contribution < 1.29 is 24.0 Å². The van der Waals surface area contributed by atoms with E-state index in [-0.39, 0.29) is 25.3 Å². The zero-order chi connectivity index (χ0) is 16.0. The van der Waals surface area contributed by atoms with Crippen LogP contribution >= 0.6 is 0 Å². The van der Waals surface area contributed by atoms with Crippen LogP contribution in [0.4, 0.5) is 4.79 Å². The summed E-state index contributed by atoms with van der Waals surface area (Å²) in [6.45, 7) is 5.25. The van der Waals surface area contributed by atoms with Crippen molar-refractivity contribution in [3.63, 3.8) is 0 Å². The van der Waals surface area contributed by atoms with Crippen molar-refractivity contribution in [1.29, 1.82) is 0 Å². The van der Waals surface area contributed by atoms with Crippen molar-refractivity contribution in [1.82, 2.24) is 15.8 Å². The third-order valence-corrected chi connectivity index (χ3v) is 2.92. The molecule has 0 fully saturated rings. The van der Waals surface area contributed by atoms with Crippen LogP contribution in [0.15, 0.2) is 4.52 Å². The summed E-state index contributed by atoms with van der Waals surface area (Å²) in [4.78, 5) is 33.4. The number of urea groups is 1. The molecule has 0 spiro atoms. The highest BCUT2D eigenvalue weighted by molar-refractivity contribution is 5.94. The number of aromatic nitrogens is 1. The van der Waals surface area contributed by atoms with E-state index < -0.39 is 17.9 Å². The molecule has 0 aromatic carbocycles. The Balaban J connectivity index is 2.43. The van der Waals surface area contributed by atoms with E-state index in [0.717, 1.165) is 5.56 Å². The molecule has 1 atom stereocenters. The van der Waals surface area contributed by atoms with Gasteiger partial charge in [0.05, 0.1) is 11.7 Å². The summed E-state index contributed by atoms with van der Waals surface area (Å²) >= 11 is 0. The van der Waals surface area contributed by atoms with E-state index in [1.807, 2.05) is 0 Å². The van der Waals surface area contributed by atoms with Crippen LogP contribution in [0.3, 0.4) is 0 Å². The van der Waals surface area contributed by atoms with Crippen molar-refractivity contribution in [3.8, 4) is 0 Å². The summed E-state index contributed by atoms with van der Waals surface area (Å²) in [6.07, 6.45) is 0.0673. The van der Waals surface area contributed by atoms with Gasteiger partial charge in [-0.15, -0.1) is 0 Å². The molecule has 1 heterocycles. The Morgan fingerprint density at radius 1 is 1.29 bits per heavy atom. The lowest BCUT2D eigenvalue weighted by Crippen LogP contribution is -2.40. The molecule has 0 radical (unpaired) electrons. The Bertz CT molecular complexity index is 518. The minimum atomic E-state index is -0.973. The van der Waals surface area contributed by atoms with Crippen LogP contribution < -0.4 is 10.6 Å². The first kappa shape index (κ1) is 16.7. The van der Waals surface area contributed by atoms with Gasteiger partial charge in [-0.05, 0) is 27.2 Å². The van der Waals surface area contributed by atoms with Crippen LogP contribution in [0.1, 0.15) is 49.2 Å². The van der Waals surface area contributed by atoms with Crippen molar-refractivity contribution in [2.75, 3.05) is 0 Å². The Kier molecular flexibility index (Phi) is 5.89. The molecule has 1 aromatic heterocycles. The Hall–Kier alpha value is -2.38. The zero-order valence-electron chi connectivity index (χ0n) is 12.2. The molecule has 8 heteroatoms. The second-order valence-electron chi connectivity index (χ2n) is 4.73. The molecule has 1 unspecified atom stereocenters. The van der Waals surface area contributed by atoms with E-state index in [0.29, 0.717) is 11.5 Å². The van der Waals surface area contributed by atoms with Gasteiger partial charge >= 0.3 is 12.0 Å². The van der Waals surface area contributed by atoms with E-state index in [4.69, 9.17) is 9.63 Å². The van der Waals surface area contributed by atoms with Gasteiger partial charge in [0.2, 0.25) is 5.91 Å². The quantitative estimate of drug-likeness (QED) is 0.730. The van der Waals surface area contributed by atoms with E-state index in [1.165, 1.54) is 0 Å². The fraction of sp³-hybridized carbons (Fsp3) is 0.538. The summed E-state index contributed by atoms with van der Waals surface area (Å²) in [7, 11) is 0. The summed E-state index contributed by atoms with van der Waals surface area (Å²) < 4.78 is 5.01. The van der Waals surface area contributed by atoms with Crippen molar-refractivity contribution >= 4 is 17.9 Å². The molecule has 21 heavy (non-hydrogen) atoms. The maximum Gasteiger partial charge on any atom is 0.321 e. The number of imide groups is 1. The Morgan fingerprint density at radius 3 is 2.48 bits per heavy atom. The molecule has 3 amide bonds. The van der Waals surface area contributed by atoms with Crippen molar-refractivity contribution in [3.05, 3.63) is 17.0 Å². The molecule has 0 saturated heterocycles. The fourth-order valence-corrected chi connectivity index (χ4v) is 2.00. The van der Waals surface area contributed by atoms with Crippen molar-refractivity contribution in [2.45, 2.75) is 46.1 Å². The maximum absolute atomic E-state index is 11.7. The predicted molar refractivity (Wildman–Crippen MR) is 72.6 cm³/mol. The Labute approximate surface area is 121 Å². The number of rotatable bonds is 6. The molecule has 0 bridgehead atoms. The van der Waals surface area contributed by atoms with Gasteiger partial charge in [0.25, 0.3) is 0 Å². The average Bonchev–Trinajstić information content (AvgIpc) is 2.68. The normalized spacial score (nSPS) is 11.8. The topological polar surface area (TPSA) is 122 Å². The number of carboxylic acids is 1. The number of carbonyl (C=O) groups excluding carboxylic acids is 2. The first-order valence-corrected chi connectivity index (χ1v) is 6.56. The third kappa shape index (κ3) is 5.25. The Morgan fingerprint density at radius 2 is 1.95 bits per heavy atom. The lowest BCUT2D eigenvalue weighted by molar-refractivity contribution is -0.137. The fourth-order valence-electron chi connectivity index (χ4n) is 2.00. The first-order chi connectivity index (χ1) is 9.81. The van der Waals surface area contributed by atoms with Crippen molar-refractivity contribution in [2.24, 2.45) is 0 Å². The van der Waals surface area contributed by atoms with E-state index in [2.05, 4.69) is 15.8 Å². The number of hydrogen-bond acceptors (Lipinski definition) is 5. The number of aryl methyl sites for hydroxylation is 2. The lowest BCUT2D eigenvalue weighted by Gasteiger charge is -2.13. The SMILES string of the molecule is Cc1noc(C)c1C(C)NC(=O)NC(=O)CCCC(=O)O. The second-order valence-corrected chi connectivity index (χ2v) is 4.73. The minimum absolute atomic E-state index is 0.0145. The molecule has 0 saturated carbocycles. The van der Waals surface area contributed by atoms with Crippen LogP contribution in [-0.4, -0.2) is 28.2 Å². The van der Waals surface area contributed by atoms with Crippen LogP contribution in [0.5, 0.6) is 0 Å². The van der Waals surface area contributed by atoms with Gasteiger partial charge in [0, 0.05) is 18.4 Å². The largest absolute Gasteiger partial charge is 0.481 e. The standard InChI is InChI=1S/C13H19N3O5/c1-7(12-8(2)16-21-9(12)3)14-13(20)15-10(17)5-4-6-11(18)19/h7H,4-6H2,1-3H3,(H,18,19)(H2,14,15,17,20). The van der Waals surface area contributed by atoms with Gasteiger partial charge in [-0.1, -0.05) is 5.16 Å². The van der Waals surface area contributed by atoms with Gasteiger partial charge in [0.1, 0.15) is 5.76 Å². The lowest BCUT2D eigenvalue weighted by atomic mass is 10.1. The zero-order valence-corrected chi connectivity index (χ0v) is 12.2. The molecule has 1 rings (SSSR count). The summed E-state index contributed by atoms with van der Waals surface area (Å²) in [5.41, 5.74) is 1.44. The van der Waals surface area contributed by atoms with Gasteiger partial charge in [-0.25, -0.2) is 4.79 Å². The van der Waals surface area contributed by atoms with Gasteiger partial charge in [0.15, 0.2) is 0 Å². The number of carboxylic acid groups (broad SMARTS) is 1.